The molecule has 3 aliphatic heterocycles. The summed E-state index contributed by atoms with van der Waals surface area (Å²) in [6.07, 6.45) is 6.76. The highest BCUT2D eigenvalue weighted by Crippen LogP contribution is 2.45. The number of benzene rings is 1. The number of carbonyl (C=O) groups excluding carboxylic acids is 2. The summed E-state index contributed by atoms with van der Waals surface area (Å²) in [6, 6.07) is 13.1. The van der Waals surface area contributed by atoms with E-state index in [1.807, 2.05) is 17.0 Å². The Kier molecular flexibility index (Phi) is 7.57. The zero-order valence-corrected chi connectivity index (χ0v) is 23.0. The molecule has 1 spiro atoms. The van der Waals surface area contributed by atoms with Crippen molar-refractivity contribution in [1.82, 2.24) is 25.1 Å². The van der Waals surface area contributed by atoms with E-state index in [-0.39, 0.29) is 23.5 Å². The van der Waals surface area contributed by atoms with E-state index in [1.54, 1.807) is 36.7 Å². The van der Waals surface area contributed by atoms with Crippen molar-refractivity contribution in [3.8, 4) is 5.75 Å². The third-order valence-electron chi connectivity index (χ3n) is 8.63. The van der Waals surface area contributed by atoms with Crippen LogP contribution in [0.25, 0.3) is 0 Å². The molecule has 1 atom stereocenters. The number of aromatic nitrogens is 2. The van der Waals surface area contributed by atoms with Gasteiger partial charge in [-0.1, -0.05) is 6.07 Å². The van der Waals surface area contributed by atoms with Crippen molar-refractivity contribution in [2.45, 2.75) is 50.3 Å². The molecule has 2 aromatic heterocycles. The summed E-state index contributed by atoms with van der Waals surface area (Å²) in [7, 11) is 0. The van der Waals surface area contributed by atoms with Crippen molar-refractivity contribution >= 4 is 17.6 Å². The van der Waals surface area contributed by atoms with Gasteiger partial charge in [0.05, 0.1) is 6.04 Å². The minimum atomic E-state index is -0.542. The average molecular weight is 559 g/mol. The topological polar surface area (TPSA) is 114 Å². The normalized spacial score (nSPS) is 20.7. The molecule has 10 heteroatoms. The van der Waals surface area contributed by atoms with Gasteiger partial charge in [0.25, 0.3) is 5.91 Å². The molecule has 214 valence electrons. The Morgan fingerprint density at radius 3 is 2.56 bits per heavy atom. The van der Waals surface area contributed by atoms with Gasteiger partial charge in [-0.2, -0.15) is 0 Å². The van der Waals surface area contributed by atoms with E-state index in [9.17, 15) is 14.0 Å². The third-order valence-corrected chi connectivity index (χ3v) is 8.63. The Balaban J connectivity index is 1.07. The average Bonchev–Trinajstić information content (AvgIpc) is 2.98. The molecule has 2 amide bonds. The van der Waals surface area contributed by atoms with Crippen molar-refractivity contribution in [1.29, 1.82) is 0 Å². The predicted octanol–water partition coefficient (Wildman–Crippen LogP) is 3.72. The van der Waals surface area contributed by atoms with Crippen molar-refractivity contribution in [3.63, 3.8) is 0 Å². The second kappa shape index (κ2) is 11.4. The number of nitrogen functional groups attached to an aromatic ring is 1. The Bertz CT molecular complexity index is 1400. The highest BCUT2D eigenvalue weighted by atomic mass is 19.1. The van der Waals surface area contributed by atoms with E-state index >= 15 is 0 Å². The number of anilines is 1. The molecule has 9 nitrogen and oxygen atoms in total. The monoisotopic (exact) mass is 558 g/mol. The maximum atomic E-state index is 14.2. The fraction of sp³-hybridized carbons (Fsp3) is 0.419. The van der Waals surface area contributed by atoms with Crippen molar-refractivity contribution in [2.75, 3.05) is 31.9 Å². The van der Waals surface area contributed by atoms with Gasteiger partial charge in [0.1, 0.15) is 28.7 Å². The molecule has 1 aromatic carbocycles. The van der Waals surface area contributed by atoms with Gasteiger partial charge in [-0.25, -0.2) is 9.37 Å². The first kappa shape index (κ1) is 27.1. The molecular weight excluding hydrogens is 523 g/mol. The third kappa shape index (κ3) is 6.02. The maximum Gasteiger partial charge on any atom is 0.270 e. The Morgan fingerprint density at radius 2 is 1.83 bits per heavy atom. The molecule has 3 aliphatic rings. The number of amides is 2. The van der Waals surface area contributed by atoms with Gasteiger partial charge >= 0.3 is 0 Å². The van der Waals surface area contributed by atoms with E-state index < -0.39 is 11.6 Å². The fourth-order valence-electron chi connectivity index (χ4n) is 6.39. The van der Waals surface area contributed by atoms with E-state index in [4.69, 9.17) is 10.5 Å². The number of pyridine rings is 2. The molecule has 3 N–H and O–H groups in total. The number of ether oxygens (including phenoxy) is 1. The predicted molar refractivity (Wildman–Crippen MR) is 151 cm³/mol. The Hall–Kier alpha value is -4.05. The van der Waals surface area contributed by atoms with Crippen LogP contribution in [0.5, 0.6) is 5.75 Å². The van der Waals surface area contributed by atoms with Crippen LogP contribution >= 0.6 is 0 Å². The molecule has 41 heavy (non-hydrogen) atoms. The quantitative estimate of drug-likeness (QED) is 0.491. The van der Waals surface area contributed by atoms with Gasteiger partial charge in [0.15, 0.2) is 0 Å². The van der Waals surface area contributed by atoms with Gasteiger partial charge < -0.3 is 20.7 Å². The summed E-state index contributed by atoms with van der Waals surface area (Å²) in [6.45, 7) is 3.72. The molecule has 6 rings (SSSR count). The largest absolute Gasteiger partial charge is 0.487 e. The van der Waals surface area contributed by atoms with Crippen LogP contribution in [0.2, 0.25) is 0 Å². The van der Waals surface area contributed by atoms with Crippen molar-refractivity contribution < 1.29 is 18.7 Å². The molecule has 1 unspecified atom stereocenters. The number of likely N-dealkylation sites (tertiary alicyclic amines) is 2. The van der Waals surface area contributed by atoms with Crippen molar-refractivity contribution in [2.24, 2.45) is 5.92 Å². The molecule has 5 heterocycles. The molecule has 2 saturated heterocycles. The zero-order chi connectivity index (χ0) is 28.4. The SMILES string of the molecule is Nc1cc(CN2CCC(C(=O)N3CCC4(CC3)CC(NC(=O)c3ccccn3)c3cc(F)ccc3O4)CC2)ccn1. The van der Waals surface area contributed by atoms with E-state index in [2.05, 4.69) is 20.2 Å². The number of fused-ring (bicyclic) bond motifs is 1. The lowest BCUT2D eigenvalue weighted by molar-refractivity contribution is -0.141. The van der Waals surface area contributed by atoms with Gasteiger partial charge in [-0.3, -0.25) is 19.5 Å². The number of nitrogens with zero attached hydrogens (tertiary/aromatic N) is 4. The number of rotatable bonds is 5. The summed E-state index contributed by atoms with van der Waals surface area (Å²) < 4.78 is 20.7. The number of carbonyl (C=O) groups is 2. The number of nitrogens with two attached hydrogens (primary N) is 1. The zero-order valence-electron chi connectivity index (χ0n) is 23.0. The molecule has 0 saturated carbocycles. The summed E-state index contributed by atoms with van der Waals surface area (Å²) in [5, 5.41) is 3.06. The second-order valence-electron chi connectivity index (χ2n) is 11.4. The van der Waals surface area contributed by atoms with Crippen LogP contribution in [0.15, 0.2) is 60.9 Å². The fourth-order valence-corrected chi connectivity index (χ4v) is 6.39. The first-order chi connectivity index (χ1) is 19.9. The number of nitrogens with one attached hydrogen (secondary N) is 1. The lowest BCUT2D eigenvalue weighted by atomic mass is 9.80. The van der Waals surface area contributed by atoms with Crippen LogP contribution in [0.1, 0.15) is 59.8 Å². The smallest absolute Gasteiger partial charge is 0.270 e. The standard InChI is InChI=1S/C31H35FN6O3/c32-23-4-5-27-24(18-23)26(36-29(39)25-3-1-2-11-34-25)19-31(41-27)9-15-38(16-10-31)30(40)22-7-13-37(14-8-22)20-21-6-12-35-28(33)17-21/h1-6,11-12,17-18,22,26H,7-10,13-16,19-20H2,(H2,33,35)(H,36,39). The molecule has 3 aromatic rings. The number of hydrogen-bond acceptors (Lipinski definition) is 7. The highest BCUT2D eigenvalue weighted by molar-refractivity contribution is 5.92. The van der Waals surface area contributed by atoms with Crippen LogP contribution in [0.4, 0.5) is 10.2 Å². The van der Waals surface area contributed by atoms with Crippen LogP contribution in [-0.2, 0) is 11.3 Å². The number of piperidine rings is 2. The summed E-state index contributed by atoms with van der Waals surface area (Å²) >= 11 is 0. The minimum Gasteiger partial charge on any atom is -0.487 e. The van der Waals surface area contributed by atoms with Crippen molar-refractivity contribution in [3.05, 3.63) is 83.6 Å². The second-order valence-corrected chi connectivity index (χ2v) is 11.4. The Labute approximate surface area is 238 Å². The lowest BCUT2D eigenvalue weighted by Crippen LogP contribution is -2.54. The lowest BCUT2D eigenvalue weighted by Gasteiger charge is -2.47. The van der Waals surface area contributed by atoms with E-state index in [1.165, 1.54) is 12.1 Å². The Morgan fingerprint density at radius 1 is 1.02 bits per heavy atom. The first-order valence-corrected chi connectivity index (χ1v) is 14.3. The first-order valence-electron chi connectivity index (χ1n) is 14.3. The summed E-state index contributed by atoms with van der Waals surface area (Å²) in [4.78, 5) is 39.0. The molecule has 0 radical (unpaired) electrons. The van der Waals surface area contributed by atoms with Crippen LogP contribution < -0.4 is 15.8 Å². The van der Waals surface area contributed by atoms with Crippen LogP contribution in [0.3, 0.4) is 0 Å². The van der Waals surface area contributed by atoms with Gasteiger partial charge in [-0.15, -0.1) is 0 Å². The van der Waals surface area contributed by atoms with Crippen LogP contribution in [-0.4, -0.2) is 63.4 Å². The molecule has 0 aliphatic carbocycles. The van der Waals surface area contributed by atoms with Gasteiger partial charge in [0.2, 0.25) is 5.91 Å². The highest BCUT2D eigenvalue weighted by Gasteiger charge is 2.45. The van der Waals surface area contributed by atoms with E-state index in [0.717, 1.165) is 38.0 Å². The van der Waals surface area contributed by atoms with Gasteiger partial charge in [0, 0.05) is 62.8 Å². The maximum absolute atomic E-state index is 14.2. The minimum absolute atomic E-state index is 0.0178. The molecule has 2 fully saturated rings. The summed E-state index contributed by atoms with van der Waals surface area (Å²) in [5.41, 5.74) is 7.34. The number of hydrogen-bond donors (Lipinski definition) is 2. The molecule has 0 bridgehead atoms. The van der Waals surface area contributed by atoms with E-state index in [0.29, 0.717) is 55.2 Å². The van der Waals surface area contributed by atoms with Gasteiger partial charge in [-0.05, 0) is 74.0 Å². The number of halogens is 1. The van der Waals surface area contributed by atoms with Crippen LogP contribution in [0, 0.1) is 11.7 Å². The summed E-state index contributed by atoms with van der Waals surface area (Å²) in [5.74, 6) is 0.642. The molecular formula is C31H35FN6O3.